The summed E-state index contributed by atoms with van der Waals surface area (Å²) in [7, 11) is 0. The highest BCUT2D eigenvalue weighted by atomic mass is 16.5. The Hall–Kier alpha value is -0.380. The highest BCUT2D eigenvalue weighted by Gasteiger charge is 1.95. The van der Waals surface area contributed by atoms with Gasteiger partial charge in [0.25, 0.3) is 0 Å². The van der Waals surface area contributed by atoms with Crippen LogP contribution in [0.3, 0.4) is 0 Å². The molecule has 0 atom stereocenters. The molecule has 0 bridgehead atoms. The maximum absolute atomic E-state index is 7.62. The average Bonchev–Trinajstić information content (AvgIpc) is 2.86. The summed E-state index contributed by atoms with van der Waals surface area (Å²) in [6.45, 7) is 12.3. The van der Waals surface area contributed by atoms with Crippen molar-refractivity contribution in [3.63, 3.8) is 0 Å². The van der Waals surface area contributed by atoms with Crippen molar-refractivity contribution in [2.75, 3.05) is 26.4 Å². The zero-order valence-corrected chi connectivity index (χ0v) is 23.1. The van der Waals surface area contributed by atoms with Crippen molar-refractivity contribution in [1.29, 1.82) is 0 Å². The van der Waals surface area contributed by atoms with Crippen molar-refractivity contribution in [2.24, 2.45) is 0 Å². The summed E-state index contributed by atoms with van der Waals surface area (Å²) in [6, 6.07) is 0. The van der Waals surface area contributed by atoms with E-state index in [0.29, 0.717) is 0 Å². The Labute approximate surface area is 209 Å². The van der Waals surface area contributed by atoms with Crippen molar-refractivity contribution in [3.8, 4) is 0 Å². The molecule has 0 aromatic carbocycles. The van der Waals surface area contributed by atoms with Crippen LogP contribution < -0.4 is 0 Å². The van der Waals surface area contributed by atoms with E-state index in [4.69, 9.17) is 14.9 Å². The Morgan fingerprint density at radius 3 is 0.818 bits per heavy atom. The van der Waals surface area contributed by atoms with Gasteiger partial charge in [0.2, 0.25) is 0 Å². The van der Waals surface area contributed by atoms with Crippen molar-refractivity contribution in [2.45, 2.75) is 155 Å². The average molecular weight is 473 g/mol. The SMILES string of the molecule is C=C.CCCCCCCCCCCCCOCCCCCCCCCCCCC.OCCO. The van der Waals surface area contributed by atoms with Crippen molar-refractivity contribution < 1.29 is 14.9 Å². The van der Waals surface area contributed by atoms with Crippen LogP contribution in [0.4, 0.5) is 0 Å². The van der Waals surface area contributed by atoms with E-state index < -0.39 is 0 Å². The molecule has 0 heterocycles. The van der Waals surface area contributed by atoms with E-state index >= 15 is 0 Å². The van der Waals surface area contributed by atoms with Gasteiger partial charge >= 0.3 is 0 Å². The molecular weight excluding hydrogens is 408 g/mol. The standard InChI is InChI=1S/C26H54O.C2H6O2.C2H4/c1-3-5-7-9-11-13-15-17-19-21-23-25-27-26-24-22-20-18-16-14-12-10-8-6-4-2;3-1-2-4;1-2/h3-26H2,1-2H3;3-4H,1-2H2;1-2H2. The summed E-state index contributed by atoms with van der Waals surface area (Å²) in [5, 5.41) is 15.2. The molecule has 0 amide bonds. The van der Waals surface area contributed by atoms with Crippen molar-refractivity contribution in [1.82, 2.24) is 0 Å². The lowest BCUT2D eigenvalue weighted by Crippen LogP contribution is -1.97. The Morgan fingerprint density at radius 2 is 0.606 bits per heavy atom. The predicted octanol–water partition coefficient (Wildman–Crippen LogP) is 9.40. The second-order valence-corrected chi connectivity index (χ2v) is 9.13. The largest absolute Gasteiger partial charge is 0.394 e. The summed E-state index contributed by atoms with van der Waals surface area (Å²) in [4.78, 5) is 0. The third kappa shape index (κ3) is 45.8. The van der Waals surface area contributed by atoms with Crippen LogP contribution in [0.25, 0.3) is 0 Å². The molecule has 0 aliphatic heterocycles. The minimum absolute atomic E-state index is 0.125. The van der Waals surface area contributed by atoms with Gasteiger partial charge in [-0.1, -0.05) is 142 Å². The summed E-state index contributed by atoms with van der Waals surface area (Å²) in [6.07, 6.45) is 31.1. The van der Waals surface area contributed by atoms with Crippen LogP contribution in [0, 0.1) is 0 Å². The monoisotopic (exact) mass is 472 g/mol. The van der Waals surface area contributed by atoms with Crippen LogP contribution >= 0.6 is 0 Å². The number of aliphatic hydroxyl groups excluding tert-OH is 2. The number of hydrogen-bond acceptors (Lipinski definition) is 3. The molecule has 0 aliphatic rings. The van der Waals surface area contributed by atoms with E-state index in [0.717, 1.165) is 13.2 Å². The molecule has 0 saturated heterocycles. The van der Waals surface area contributed by atoms with Gasteiger partial charge in [-0.15, -0.1) is 13.2 Å². The number of hydrogen-bond donors (Lipinski definition) is 2. The van der Waals surface area contributed by atoms with Gasteiger partial charge in [0.1, 0.15) is 0 Å². The van der Waals surface area contributed by atoms with E-state index in [2.05, 4.69) is 27.0 Å². The van der Waals surface area contributed by atoms with E-state index in [9.17, 15) is 0 Å². The lowest BCUT2D eigenvalue weighted by atomic mass is 10.1. The van der Waals surface area contributed by atoms with Crippen LogP contribution in [0.1, 0.15) is 155 Å². The second kappa shape index (κ2) is 41.8. The lowest BCUT2D eigenvalue weighted by molar-refractivity contribution is 0.125. The Balaban J connectivity index is -0.00000134. The fraction of sp³-hybridized carbons (Fsp3) is 0.933. The topological polar surface area (TPSA) is 49.7 Å². The van der Waals surface area contributed by atoms with Crippen LogP contribution in [-0.2, 0) is 4.74 Å². The van der Waals surface area contributed by atoms with Crippen molar-refractivity contribution >= 4 is 0 Å². The first-order valence-electron chi connectivity index (χ1n) is 14.6. The minimum Gasteiger partial charge on any atom is -0.394 e. The molecule has 2 N–H and O–H groups in total. The molecule has 3 heteroatoms. The third-order valence-electron chi connectivity index (χ3n) is 5.88. The summed E-state index contributed by atoms with van der Waals surface area (Å²) in [5.41, 5.74) is 0. The molecule has 202 valence electrons. The molecule has 0 spiro atoms. The lowest BCUT2D eigenvalue weighted by Gasteiger charge is -2.05. The first-order valence-corrected chi connectivity index (χ1v) is 14.6. The molecule has 0 rings (SSSR count). The molecule has 0 aliphatic carbocycles. The number of rotatable bonds is 25. The number of ether oxygens (including phenoxy) is 1. The smallest absolute Gasteiger partial charge is 0.0662 e. The van der Waals surface area contributed by atoms with Crippen molar-refractivity contribution in [3.05, 3.63) is 13.2 Å². The molecule has 0 fully saturated rings. The quantitative estimate of drug-likeness (QED) is 0.103. The summed E-state index contributed by atoms with van der Waals surface area (Å²) in [5.74, 6) is 0. The number of unbranched alkanes of at least 4 members (excludes halogenated alkanes) is 20. The fourth-order valence-corrected chi connectivity index (χ4v) is 3.84. The van der Waals surface area contributed by atoms with Crippen LogP contribution in [0.2, 0.25) is 0 Å². The predicted molar refractivity (Wildman–Crippen MR) is 149 cm³/mol. The summed E-state index contributed by atoms with van der Waals surface area (Å²) < 4.78 is 5.80. The van der Waals surface area contributed by atoms with E-state index in [1.165, 1.54) is 141 Å². The summed E-state index contributed by atoms with van der Waals surface area (Å²) >= 11 is 0. The highest BCUT2D eigenvalue weighted by molar-refractivity contribution is 4.49. The fourth-order valence-electron chi connectivity index (χ4n) is 3.84. The molecule has 0 saturated carbocycles. The van der Waals surface area contributed by atoms with Gasteiger partial charge in [-0.2, -0.15) is 0 Å². The first kappa shape index (κ1) is 37.2. The zero-order valence-electron chi connectivity index (χ0n) is 23.1. The Morgan fingerprint density at radius 1 is 0.394 bits per heavy atom. The first-order chi connectivity index (χ1) is 16.3. The van der Waals surface area contributed by atoms with Crippen LogP contribution in [-0.4, -0.2) is 36.6 Å². The van der Waals surface area contributed by atoms with Gasteiger partial charge in [0.15, 0.2) is 0 Å². The Bertz CT molecular complexity index is 258. The van der Waals surface area contributed by atoms with Gasteiger partial charge < -0.3 is 14.9 Å². The van der Waals surface area contributed by atoms with Crippen LogP contribution in [0.5, 0.6) is 0 Å². The van der Waals surface area contributed by atoms with Gasteiger partial charge in [0, 0.05) is 13.2 Å². The van der Waals surface area contributed by atoms with E-state index in [-0.39, 0.29) is 13.2 Å². The van der Waals surface area contributed by atoms with Crippen LogP contribution in [0.15, 0.2) is 13.2 Å². The van der Waals surface area contributed by atoms with E-state index in [1.54, 1.807) is 0 Å². The minimum atomic E-state index is -0.125. The second-order valence-electron chi connectivity index (χ2n) is 9.13. The maximum atomic E-state index is 7.62. The highest BCUT2D eigenvalue weighted by Crippen LogP contribution is 2.12. The molecular formula is C30H64O3. The third-order valence-corrected chi connectivity index (χ3v) is 5.88. The maximum Gasteiger partial charge on any atom is 0.0662 e. The molecule has 0 aromatic heterocycles. The van der Waals surface area contributed by atoms with Gasteiger partial charge in [-0.25, -0.2) is 0 Å². The van der Waals surface area contributed by atoms with Gasteiger partial charge in [-0.05, 0) is 12.8 Å². The Kier molecular flexibility index (Phi) is 47.1. The van der Waals surface area contributed by atoms with Gasteiger partial charge in [0.05, 0.1) is 13.2 Å². The van der Waals surface area contributed by atoms with E-state index in [1.807, 2.05) is 0 Å². The zero-order chi connectivity index (χ0) is 25.1. The molecule has 0 unspecified atom stereocenters. The molecule has 3 nitrogen and oxygen atoms in total. The number of aliphatic hydroxyl groups is 2. The normalized spacial score (nSPS) is 10.3. The van der Waals surface area contributed by atoms with Gasteiger partial charge in [-0.3, -0.25) is 0 Å². The molecule has 33 heavy (non-hydrogen) atoms. The molecule has 0 aromatic rings. The molecule has 0 radical (unpaired) electrons.